The van der Waals surface area contributed by atoms with Crippen LogP contribution < -0.4 is 0 Å². The zero-order valence-corrected chi connectivity index (χ0v) is 9.38. The van der Waals surface area contributed by atoms with Gasteiger partial charge in [-0.2, -0.15) is 0 Å². The normalized spacial score (nSPS) is 29.5. The Morgan fingerprint density at radius 1 is 1.46 bits per heavy atom. The molecule has 78 valence electrons. The summed E-state index contributed by atoms with van der Waals surface area (Å²) in [6, 6.07) is 0.949. The van der Waals surface area contributed by atoms with Crippen LogP contribution in [0.1, 0.15) is 40.5 Å². The van der Waals surface area contributed by atoms with Crippen molar-refractivity contribution in [1.29, 1.82) is 0 Å². The molecule has 2 nitrogen and oxygen atoms in total. The van der Waals surface area contributed by atoms with Crippen molar-refractivity contribution in [3.8, 4) is 0 Å². The molecule has 1 N–H and O–H groups in total. The molecular formula is C11H23NO. The molecule has 0 aromatic carbocycles. The fourth-order valence-corrected chi connectivity index (χ4v) is 2.23. The monoisotopic (exact) mass is 185 g/mol. The van der Waals surface area contributed by atoms with E-state index in [2.05, 4.69) is 32.6 Å². The van der Waals surface area contributed by atoms with Crippen LogP contribution in [0.3, 0.4) is 0 Å². The van der Waals surface area contributed by atoms with Crippen molar-refractivity contribution in [2.75, 3.05) is 13.2 Å². The van der Waals surface area contributed by atoms with Crippen molar-refractivity contribution in [1.82, 2.24) is 4.90 Å². The third-order valence-corrected chi connectivity index (χ3v) is 3.11. The number of hydrogen-bond acceptors (Lipinski definition) is 2. The van der Waals surface area contributed by atoms with Crippen LogP contribution in [-0.2, 0) is 0 Å². The van der Waals surface area contributed by atoms with Crippen LogP contribution in [-0.4, -0.2) is 35.2 Å². The lowest BCUT2D eigenvalue weighted by Crippen LogP contribution is -2.51. The molecule has 1 aliphatic rings. The number of aliphatic hydroxyl groups excluding tert-OH is 1. The van der Waals surface area contributed by atoms with Gasteiger partial charge in [-0.3, -0.25) is 4.90 Å². The van der Waals surface area contributed by atoms with Crippen LogP contribution in [0.4, 0.5) is 0 Å². The highest BCUT2D eigenvalue weighted by Gasteiger charge is 2.33. The lowest BCUT2D eigenvalue weighted by molar-refractivity contribution is 0.0110. The minimum absolute atomic E-state index is 0.314. The molecule has 1 heterocycles. The Kier molecular flexibility index (Phi) is 3.36. The predicted molar refractivity (Wildman–Crippen MR) is 55.7 cm³/mol. The van der Waals surface area contributed by atoms with Crippen molar-refractivity contribution >= 4 is 0 Å². The summed E-state index contributed by atoms with van der Waals surface area (Å²) in [7, 11) is 0. The number of hydrogen-bond donors (Lipinski definition) is 1. The highest BCUT2D eigenvalue weighted by Crippen LogP contribution is 2.32. The number of piperidine rings is 1. The van der Waals surface area contributed by atoms with Crippen molar-refractivity contribution in [2.24, 2.45) is 5.41 Å². The van der Waals surface area contributed by atoms with E-state index >= 15 is 0 Å². The fraction of sp³-hybridized carbons (Fsp3) is 1.00. The smallest absolute Gasteiger partial charge is 0.0586 e. The van der Waals surface area contributed by atoms with Gasteiger partial charge in [-0.25, -0.2) is 0 Å². The van der Waals surface area contributed by atoms with Crippen LogP contribution in [0.15, 0.2) is 0 Å². The maximum atomic E-state index is 9.24. The second kappa shape index (κ2) is 3.97. The number of nitrogens with zero attached hydrogens (tertiary/aromatic N) is 1. The minimum atomic E-state index is 0.314. The molecule has 1 unspecified atom stereocenters. The Morgan fingerprint density at radius 3 is 2.54 bits per heavy atom. The number of likely N-dealkylation sites (tertiary alicyclic amines) is 1. The summed E-state index contributed by atoms with van der Waals surface area (Å²) in [5.41, 5.74) is 0.427. The zero-order chi connectivity index (χ0) is 10.1. The molecule has 0 aromatic rings. The van der Waals surface area contributed by atoms with Gasteiger partial charge in [0.1, 0.15) is 0 Å². The van der Waals surface area contributed by atoms with Crippen molar-refractivity contribution in [2.45, 2.75) is 52.6 Å². The summed E-state index contributed by atoms with van der Waals surface area (Å²) < 4.78 is 0. The van der Waals surface area contributed by atoms with E-state index in [0.717, 1.165) is 13.0 Å². The second-order valence-electron chi connectivity index (χ2n) is 5.31. The molecule has 1 rings (SSSR count). The zero-order valence-electron chi connectivity index (χ0n) is 9.38. The van der Waals surface area contributed by atoms with Crippen molar-refractivity contribution in [3.05, 3.63) is 0 Å². The maximum Gasteiger partial charge on any atom is 0.0586 e. The molecule has 0 bridgehead atoms. The Bertz CT molecular complexity index is 165. The van der Waals surface area contributed by atoms with E-state index < -0.39 is 0 Å². The third-order valence-electron chi connectivity index (χ3n) is 3.11. The van der Waals surface area contributed by atoms with Crippen LogP contribution in [0.5, 0.6) is 0 Å². The summed E-state index contributed by atoms with van der Waals surface area (Å²) in [6.07, 6.45) is 2.38. The first-order valence-electron chi connectivity index (χ1n) is 5.33. The van der Waals surface area contributed by atoms with Gasteiger partial charge in [-0.1, -0.05) is 13.8 Å². The maximum absolute atomic E-state index is 9.24. The molecule has 1 aliphatic heterocycles. The summed E-state index contributed by atoms with van der Waals surface area (Å²) in [5.74, 6) is 0. The van der Waals surface area contributed by atoms with Gasteiger partial charge in [0.25, 0.3) is 0 Å². The molecule has 0 aliphatic carbocycles. The average Bonchev–Trinajstić information content (AvgIpc) is 2.03. The van der Waals surface area contributed by atoms with Crippen molar-refractivity contribution in [3.63, 3.8) is 0 Å². The van der Waals surface area contributed by atoms with Crippen LogP contribution in [0.2, 0.25) is 0 Å². The molecule has 1 atom stereocenters. The lowest BCUT2D eigenvalue weighted by atomic mass is 9.81. The SMILES string of the molecule is CC(C)N1CC(C)(C)CCC1CO. The molecule has 13 heavy (non-hydrogen) atoms. The first kappa shape index (κ1) is 11.0. The van der Waals surface area contributed by atoms with Gasteiger partial charge < -0.3 is 5.11 Å². The standard InChI is InChI=1S/C11H23NO/c1-9(2)12-8-11(3,4)6-5-10(12)7-13/h9-10,13H,5-8H2,1-4H3. The largest absolute Gasteiger partial charge is 0.395 e. The number of aliphatic hydroxyl groups is 1. The van der Waals surface area contributed by atoms with E-state index in [1.165, 1.54) is 6.42 Å². The topological polar surface area (TPSA) is 23.5 Å². The van der Waals surface area contributed by atoms with Crippen molar-refractivity contribution < 1.29 is 5.11 Å². The van der Waals surface area contributed by atoms with Crippen LogP contribution in [0, 0.1) is 5.41 Å². The Morgan fingerprint density at radius 2 is 2.08 bits per heavy atom. The quantitative estimate of drug-likeness (QED) is 0.710. The average molecular weight is 185 g/mol. The number of rotatable bonds is 2. The Hall–Kier alpha value is -0.0800. The van der Waals surface area contributed by atoms with E-state index in [9.17, 15) is 5.11 Å². The molecule has 1 saturated heterocycles. The Labute approximate surface area is 81.9 Å². The molecule has 1 fully saturated rings. The molecule has 2 heteroatoms. The van der Waals surface area contributed by atoms with E-state index in [1.807, 2.05) is 0 Å². The van der Waals surface area contributed by atoms with Gasteiger partial charge in [-0.15, -0.1) is 0 Å². The molecule has 0 spiro atoms. The molecule has 0 aromatic heterocycles. The van der Waals surface area contributed by atoms with E-state index in [0.29, 0.717) is 24.1 Å². The van der Waals surface area contributed by atoms with Gasteiger partial charge in [-0.05, 0) is 32.1 Å². The molecule has 0 amide bonds. The molecular weight excluding hydrogens is 162 g/mol. The van der Waals surface area contributed by atoms with E-state index in [4.69, 9.17) is 0 Å². The first-order chi connectivity index (χ1) is 5.96. The van der Waals surface area contributed by atoms with E-state index in [-0.39, 0.29) is 0 Å². The molecule has 0 radical (unpaired) electrons. The highest BCUT2D eigenvalue weighted by atomic mass is 16.3. The third kappa shape index (κ3) is 2.68. The summed E-state index contributed by atoms with van der Waals surface area (Å²) in [4.78, 5) is 2.43. The highest BCUT2D eigenvalue weighted by molar-refractivity contribution is 4.87. The van der Waals surface area contributed by atoms with Gasteiger partial charge in [0.15, 0.2) is 0 Å². The summed E-state index contributed by atoms with van der Waals surface area (Å²) >= 11 is 0. The lowest BCUT2D eigenvalue weighted by Gasteiger charge is -2.45. The summed E-state index contributed by atoms with van der Waals surface area (Å²) in [6.45, 7) is 10.5. The van der Waals surface area contributed by atoms with Gasteiger partial charge in [0, 0.05) is 18.6 Å². The predicted octanol–water partition coefficient (Wildman–Crippen LogP) is 1.88. The first-order valence-corrected chi connectivity index (χ1v) is 5.33. The molecule has 0 saturated carbocycles. The van der Waals surface area contributed by atoms with Gasteiger partial charge >= 0.3 is 0 Å². The minimum Gasteiger partial charge on any atom is -0.395 e. The Balaban J connectivity index is 2.63. The van der Waals surface area contributed by atoms with Crippen LogP contribution in [0.25, 0.3) is 0 Å². The van der Waals surface area contributed by atoms with Gasteiger partial charge in [0.05, 0.1) is 6.61 Å². The van der Waals surface area contributed by atoms with E-state index in [1.54, 1.807) is 0 Å². The summed E-state index contributed by atoms with van der Waals surface area (Å²) in [5, 5.41) is 9.24. The van der Waals surface area contributed by atoms with Gasteiger partial charge in [0.2, 0.25) is 0 Å². The second-order valence-corrected chi connectivity index (χ2v) is 5.31. The fourth-order valence-electron chi connectivity index (χ4n) is 2.23. The van der Waals surface area contributed by atoms with Crippen LogP contribution >= 0.6 is 0 Å².